The number of para-hydroxylation sites is 1. The van der Waals surface area contributed by atoms with Crippen LogP contribution in [-0.2, 0) is 11.3 Å². The Morgan fingerprint density at radius 3 is 2.55 bits per heavy atom. The summed E-state index contributed by atoms with van der Waals surface area (Å²) >= 11 is 0. The molecule has 1 amide bonds. The third kappa shape index (κ3) is 4.25. The van der Waals surface area contributed by atoms with E-state index in [1.807, 2.05) is 86.8 Å². The number of ether oxygens (including phenoxy) is 2. The van der Waals surface area contributed by atoms with Crippen molar-refractivity contribution in [3.8, 4) is 22.6 Å². The van der Waals surface area contributed by atoms with Crippen LogP contribution < -0.4 is 19.7 Å². The van der Waals surface area contributed by atoms with Crippen LogP contribution in [0.15, 0.2) is 72.8 Å². The smallest absolute Gasteiger partial charge is 0.282 e. The normalized spacial score (nSPS) is 14.3. The maximum absolute atomic E-state index is 12.9. The van der Waals surface area contributed by atoms with Gasteiger partial charge >= 0.3 is 0 Å². The highest BCUT2D eigenvalue weighted by Gasteiger charge is 2.24. The third-order valence-electron chi connectivity index (χ3n) is 5.32. The zero-order valence-electron chi connectivity index (χ0n) is 16.6. The van der Waals surface area contributed by atoms with Gasteiger partial charge in [-0.05, 0) is 36.8 Å². The molecule has 0 radical (unpaired) electrons. The van der Waals surface area contributed by atoms with Crippen LogP contribution in [-0.4, -0.2) is 25.8 Å². The van der Waals surface area contributed by atoms with Gasteiger partial charge in [0.15, 0.2) is 17.5 Å². The molecule has 2 N–H and O–H groups in total. The van der Waals surface area contributed by atoms with Gasteiger partial charge in [-0.1, -0.05) is 48.5 Å². The molecule has 1 aliphatic rings. The molecule has 1 unspecified atom stereocenters. The van der Waals surface area contributed by atoms with E-state index in [2.05, 4.69) is 5.32 Å². The van der Waals surface area contributed by atoms with Crippen molar-refractivity contribution in [3.63, 3.8) is 0 Å². The number of nitrogens with one attached hydrogen (secondary N) is 2. The first-order chi connectivity index (χ1) is 14.1. The van der Waals surface area contributed by atoms with Gasteiger partial charge in [0.25, 0.3) is 5.91 Å². The molecule has 148 valence electrons. The number of benzene rings is 3. The molecule has 29 heavy (non-hydrogen) atoms. The minimum Gasteiger partial charge on any atom is -0.454 e. The summed E-state index contributed by atoms with van der Waals surface area (Å²) in [5, 5.41) is 3.11. The molecule has 1 heterocycles. The van der Waals surface area contributed by atoms with E-state index in [9.17, 15) is 4.79 Å². The second-order valence-electron chi connectivity index (χ2n) is 7.33. The highest BCUT2D eigenvalue weighted by atomic mass is 16.7. The number of carbonyl (C=O) groups excluding carboxylic acids is 1. The molecular weight excluding hydrogens is 364 g/mol. The van der Waals surface area contributed by atoms with Crippen LogP contribution in [0, 0.1) is 0 Å². The summed E-state index contributed by atoms with van der Waals surface area (Å²) in [5.74, 6) is 1.53. The number of hydrogen-bond acceptors (Lipinski definition) is 3. The van der Waals surface area contributed by atoms with Gasteiger partial charge < -0.3 is 19.7 Å². The largest absolute Gasteiger partial charge is 0.454 e. The van der Waals surface area contributed by atoms with Gasteiger partial charge in [-0.15, -0.1) is 0 Å². The van der Waals surface area contributed by atoms with Crippen LogP contribution in [0.3, 0.4) is 0 Å². The monoisotopic (exact) mass is 389 g/mol. The number of carbonyl (C=O) groups is 1. The van der Waals surface area contributed by atoms with E-state index in [-0.39, 0.29) is 18.7 Å². The Labute approximate surface area is 170 Å². The fraction of sp³-hybridized carbons (Fsp3) is 0.208. The average Bonchev–Trinajstić information content (AvgIpc) is 3.22. The highest BCUT2D eigenvalue weighted by Crippen LogP contribution is 2.32. The van der Waals surface area contributed by atoms with Crippen molar-refractivity contribution in [1.29, 1.82) is 0 Å². The van der Waals surface area contributed by atoms with Gasteiger partial charge in [0.2, 0.25) is 6.79 Å². The second kappa shape index (κ2) is 8.37. The molecule has 1 aliphatic heterocycles. The van der Waals surface area contributed by atoms with Crippen molar-refractivity contribution in [2.45, 2.75) is 19.5 Å². The lowest BCUT2D eigenvalue weighted by Gasteiger charge is -2.22. The lowest BCUT2D eigenvalue weighted by Crippen LogP contribution is -3.12. The van der Waals surface area contributed by atoms with Crippen molar-refractivity contribution in [1.82, 2.24) is 0 Å². The van der Waals surface area contributed by atoms with E-state index in [1.54, 1.807) is 0 Å². The molecule has 3 aromatic rings. The van der Waals surface area contributed by atoms with Crippen LogP contribution in [0.25, 0.3) is 11.1 Å². The van der Waals surface area contributed by atoms with Crippen molar-refractivity contribution >= 4 is 11.6 Å². The van der Waals surface area contributed by atoms with E-state index < -0.39 is 0 Å². The lowest BCUT2D eigenvalue weighted by atomic mass is 10.0. The van der Waals surface area contributed by atoms with Crippen LogP contribution >= 0.6 is 0 Å². The molecule has 0 bridgehead atoms. The molecule has 0 fully saturated rings. The Bertz CT molecular complexity index is 1000. The standard InChI is InChI=1S/C24H24N2O3/c1-17(26(2)15-18-12-13-22-23(14-18)29-16-28-22)24(27)25-21-11-7-6-10-20(21)19-8-4-3-5-9-19/h3-14,17H,15-16H2,1-2H3,(H,25,27)/p+1/t17-/m0/s1. The number of fused-ring (bicyclic) bond motifs is 1. The summed E-state index contributed by atoms with van der Waals surface area (Å²) < 4.78 is 10.8. The summed E-state index contributed by atoms with van der Waals surface area (Å²) in [7, 11) is 2.03. The van der Waals surface area contributed by atoms with E-state index in [4.69, 9.17) is 9.47 Å². The van der Waals surface area contributed by atoms with Crippen molar-refractivity contribution in [3.05, 3.63) is 78.4 Å². The highest BCUT2D eigenvalue weighted by molar-refractivity contribution is 5.97. The van der Waals surface area contributed by atoms with E-state index in [1.165, 1.54) is 0 Å². The molecule has 4 rings (SSSR count). The average molecular weight is 389 g/mol. The summed E-state index contributed by atoms with van der Waals surface area (Å²) in [6.45, 7) is 2.93. The first kappa shape index (κ1) is 19.0. The first-order valence-corrected chi connectivity index (χ1v) is 9.78. The molecule has 2 atom stereocenters. The summed E-state index contributed by atoms with van der Waals surface area (Å²) in [4.78, 5) is 14.0. The topological polar surface area (TPSA) is 52.0 Å². The Morgan fingerprint density at radius 2 is 1.72 bits per heavy atom. The predicted octanol–water partition coefficient (Wildman–Crippen LogP) is 3.12. The van der Waals surface area contributed by atoms with Crippen LogP contribution in [0.5, 0.6) is 11.5 Å². The lowest BCUT2D eigenvalue weighted by molar-refractivity contribution is -0.907. The molecule has 3 aromatic carbocycles. The molecule has 0 saturated carbocycles. The Morgan fingerprint density at radius 1 is 1.00 bits per heavy atom. The zero-order valence-corrected chi connectivity index (χ0v) is 16.6. The van der Waals surface area contributed by atoms with E-state index in [0.717, 1.165) is 38.8 Å². The van der Waals surface area contributed by atoms with E-state index in [0.29, 0.717) is 6.54 Å². The molecule has 5 heteroatoms. The van der Waals surface area contributed by atoms with Gasteiger partial charge in [0.05, 0.1) is 7.05 Å². The summed E-state index contributed by atoms with van der Waals surface area (Å²) in [6.07, 6.45) is 0. The first-order valence-electron chi connectivity index (χ1n) is 9.78. The predicted molar refractivity (Wildman–Crippen MR) is 113 cm³/mol. The number of amides is 1. The van der Waals surface area contributed by atoms with Crippen molar-refractivity contribution in [2.75, 3.05) is 19.2 Å². The van der Waals surface area contributed by atoms with Gasteiger partial charge in [-0.2, -0.15) is 0 Å². The third-order valence-corrected chi connectivity index (χ3v) is 5.32. The van der Waals surface area contributed by atoms with Gasteiger partial charge in [0.1, 0.15) is 6.54 Å². The molecule has 0 saturated heterocycles. The zero-order chi connectivity index (χ0) is 20.2. The summed E-state index contributed by atoms with van der Waals surface area (Å²) in [5.41, 5.74) is 4.03. The van der Waals surface area contributed by atoms with E-state index >= 15 is 0 Å². The molecule has 0 aromatic heterocycles. The van der Waals surface area contributed by atoms with Crippen molar-refractivity contribution in [2.24, 2.45) is 0 Å². The minimum atomic E-state index is -0.218. The van der Waals surface area contributed by atoms with Gasteiger partial charge in [0, 0.05) is 16.8 Å². The fourth-order valence-corrected chi connectivity index (χ4v) is 3.45. The number of rotatable bonds is 6. The molecular formula is C24H25N2O3+. The van der Waals surface area contributed by atoms with Gasteiger partial charge in [-0.25, -0.2) is 0 Å². The number of quaternary nitrogens is 1. The molecule has 5 nitrogen and oxygen atoms in total. The summed E-state index contributed by atoms with van der Waals surface area (Å²) in [6, 6.07) is 23.7. The van der Waals surface area contributed by atoms with Crippen LogP contribution in [0.1, 0.15) is 12.5 Å². The quantitative estimate of drug-likeness (QED) is 0.681. The molecule has 0 aliphatic carbocycles. The minimum absolute atomic E-state index is 0.00776. The fourth-order valence-electron chi connectivity index (χ4n) is 3.45. The Hall–Kier alpha value is -3.31. The SMILES string of the molecule is C[C@@H](C(=O)Nc1ccccc1-c1ccccc1)[NH+](C)Cc1ccc2c(c1)OCO2. The van der Waals surface area contributed by atoms with Gasteiger partial charge in [-0.3, -0.25) is 4.79 Å². The Balaban J connectivity index is 1.45. The van der Waals surface area contributed by atoms with Crippen LogP contribution in [0.4, 0.5) is 5.69 Å². The Kier molecular flexibility index (Phi) is 5.49. The molecule has 0 spiro atoms. The maximum atomic E-state index is 12.9. The number of anilines is 1. The van der Waals surface area contributed by atoms with Crippen molar-refractivity contribution < 1.29 is 19.2 Å². The number of hydrogen-bond donors (Lipinski definition) is 2. The van der Waals surface area contributed by atoms with Crippen LogP contribution in [0.2, 0.25) is 0 Å². The second-order valence-corrected chi connectivity index (χ2v) is 7.33. The maximum Gasteiger partial charge on any atom is 0.282 e. The number of likely N-dealkylation sites (N-methyl/N-ethyl adjacent to an activating group) is 1.